The van der Waals surface area contributed by atoms with E-state index in [1.54, 1.807) is 6.92 Å². The molecule has 0 aromatic carbocycles. The Kier molecular flexibility index (Phi) is 8.73. The molecular formula is C13H26N2O4. The number of ether oxygens (including phenoxy) is 3. The number of hydrogen-bond donors (Lipinski definition) is 1. The van der Waals surface area contributed by atoms with Crippen molar-refractivity contribution in [2.45, 2.75) is 20.0 Å². The topological polar surface area (TPSA) is 60.0 Å². The van der Waals surface area contributed by atoms with Crippen LogP contribution in [0, 0.1) is 0 Å². The first kappa shape index (κ1) is 16.4. The summed E-state index contributed by atoms with van der Waals surface area (Å²) in [4.78, 5) is 13.4. The molecular weight excluding hydrogens is 248 g/mol. The lowest BCUT2D eigenvalue weighted by Gasteiger charge is -2.32. The van der Waals surface area contributed by atoms with Crippen LogP contribution in [0.5, 0.6) is 0 Å². The number of hydrogen-bond acceptors (Lipinski definition) is 6. The van der Waals surface area contributed by atoms with Crippen LogP contribution >= 0.6 is 0 Å². The van der Waals surface area contributed by atoms with Crippen molar-refractivity contribution in [3.8, 4) is 0 Å². The zero-order valence-electron chi connectivity index (χ0n) is 12.0. The summed E-state index contributed by atoms with van der Waals surface area (Å²) in [5.41, 5.74) is 0. The van der Waals surface area contributed by atoms with Crippen molar-refractivity contribution in [1.29, 1.82) is 0 Å². The number of carbonyl (C=O) groups excluding carboxylic acids is 1. The quantitative estimate of drug-likeness (QED) is 0.467. The van der Waals surface area contributed by atoms with Gasteiger partial charge in [0.1, 0.15) is 6.61 Å². The van der Waals surface area contributed by atoms with E-state index in [0.29, 0.717) is 19.8 Å². The summed E-state index contributed by atoms with van der Waals surface area (Å²) >= 11 is 0. The number of carbonyl (C=O) groups is 1. The highest BCUT2D eigenvalue weighted by molar-refractivity contribution is 5.70. The Balaban J connectivity index is 1.94. The van der Waals surface area contributed by atoms with Gasteiger partial charge in [0.05, 0.1) is 25.9 Å². The highest BCUT2D eigenvalue weighted by Gasteiger charge is 2.18. The van der Waals surface area contributed by atoms with Crippen molar-refractivity contribution in [1.82, 2.24) is 10.2 Å². The first-order chi connectivity index (χ1) is 9.26. The fourth-order valence-corrected chi connectivity index (χ4v) is 1.96. The second-order valence-corrected chi connectivity index (χ2v) is 4.45. The number of morpholine rings is 1. The molecule has 0 radical (unpaired) electrons. The molecule has 1 saturated heterocycles. The third-order valence-corrected chi connectivity index (χ3v) is 2.99. The van der Waals surface area contributed by atoms with Crippen molar-refractivity contribution < 1.29 is 19.0 Å². The van der Waals surface area contributed by atoms with Gasteiger partial charge >= 0.3 is 5.97 Å². The van der Waals surface area contributed by atoms with E-state index < -0.39 is 0 Å². The Morgan fingerprint density at radius 2 is 2.32 bits per heavy atom. The lowest BCUT2D eigenvalue weighted by molar-refractivity contribution is -0.148. The Hall–Kier alpha value is -0.690. The van der Waals surface area contributed by atoms with E-state index >= 15 is 0 Å². The van der Waals surface area contributed by atoms with Crippen molar-refractivity contribution in [3.05, 3.63) is 0 Å². The predicted molar refractivity (Wildman–Crippen MR) is 72.2 cm³/mol. The minimum atomic E-state index is -0.309. The van der Waals surface area contributed by atoms with Gasteiger partial charge < -0.3 is 19.5 Å². The highest BCUT2D eigenvalue weighted by atomic mass is 16.6. The normalized spacial score (nSPS) is 20.4. The molecule has 6 nitrogen and oxygen atoms in total. The van der Waals surface area contributed by atoms with Crippen LogP contribution in [0.1, 0.15) is 13.8 Å². The molecule has 1 aliphatic rings. The Labute approximate surface area is 115 Å². The molecule has 0 aromatic rings. The summed E-state index contributed by atoms with van der Waals surface area (Å²) in [7, 11) is 0. The van der Waals surface area contributed by atoms with Gasteiger partial charge in [-0.05, 0) is 13.5 Å². The van der Waals surface area contributed by atoms with E-state index in [9.17, 15) is 4.79 Å². The van der Waals surface area contributed by atoms with Gasteiger partial charge in [-0.2, -0.15) is 0 Å². The monoisotopic (exact) mass is 274 g/mol. The minimum Gasteiger partial charge on any atom is -0.464 e. The van der Waals surface area contributed by atoms with Crippen molar-refractivity contribution in [2.75, 3.05) is 59.2 Å². The summed E-state index contributed by atoms with van der Waals surface area (Å²) < 4.78 is 15.6. The molecule has 1 rings (SSSR count). The van der Waals surface area contributed by atoms with E-state index in [-0.39, 0.29) is 18.7 Å². The number of rotatable bonds is 9. The summed E-state index contributed by atoms with van der Waals surface area (Å²) in [6.45, 7) is 10.3. The van der Waals surface area contributed by atoms with Gasteiger partial charge in [-0.25, -0.2) is 4.79 Å². The number of likely N-dealkylation sites (N-methyl/N-ethyl adjacent to an activating group) is 1. The SMILES string of the molecule is CCOC(=O)COCCNCC1CN(CC)CCO1. The van der Waals surface area contributed by atoms with E-state index in [1.165, 1.54) is 0 Å². The Morgan fingerprint density at radius 1 is 1.47 bits per heavy atom. The summed E-state index contributed by atoms with van der Waals surface area (Å²) in [6.07, 6.45) is 0.249. The Morgan fingerprint density at radius 3 is 3.05 bits per heavy atom. The highest BCUT2D eigenvalue weighted by Crippen LogP contribution is 2.03. The predicted octanol–water partition coefficient (Wildman–Crippen LogP) is -0.124. The van der Waals surface area contributed by atoms with Gasteiger partial charge in [-0.15, -0.1) is 0 Å². The van der Waals surface area contributed by atoms with Crippen LogP contribution in [0.2, 0.25) is 0 Å². The fourth-order valence-electron chi connectivity index (χ4n) is 1.96. The molecule has 0 aliphatic carbocycles. The van der Waals surface area contributed by atoms with Gasteiger partial charge in [0.15, 0.2) is 0 Å². The van der Waals surface area contributed by atoms with E-state index in [0.717, 1.165) is 32.8 Å². The molecule has 19 heavy (non-hydrogen) atoms. The lowest BCUT2D eigenvalue weighted by atomic mass is 10.2. The smallest absolute Gasteiger partial charge is 0.332 e. The zero-order chi connectivity index (χ0) is 13.9. The maximum Gasteiger partial charge on any atom is 0.332 e. The summed E-state index contributed by atoms with van der Waals surface area (Å²) in [5.74, 6) is -0.309. The lowest BCUT2D eigenvalue weighted by Crippen LogP contribution is -2.46. The zero-order valence-corrected chi connectivity index (χ0v) is 12.0. The molecule has 0 saturated carbocycles. The molecule has 1 heterocycles. The molecule has 0 spiro atoms. The molecule has 0 aromatic heterocycles. The molecule has 1 aliphatic heterocycles. The summed E-state index contributed by atoms with van der Waals surface area (Å²) in [6, 6.07) is 0. The maximum atomic E-state index is 11.0. The first-order valence-electron chi connectivity index (χ1n) is 7.04. The summed E-state index contributed by atoms with van der Waals surface area (Å²) in [5, 5.41) is 3.28. The average Bonchev–Trinajstić information content (AvgIpc) is 2.43. The van der Waals surface area contributed by atoms with Crippen LogP contribution in [0.4, 0.5) is 0 Å². The van der Waals surface area contributed by atoms with Crippen LogP contribution in [0.15, 0.2) is 0 Å². The maximum absolute atomic E-state index is 11.0. The van der Waals surface area contributed by atoms with E-state index in [1.807, 2.05) is 0 Å². The Bertz CT molecular complexity index is 251. The third kappa shape index (κ3) is 7.47. The number of nitrogens with one attached hydrogen (secondary N) is 1. The van der Waals surface area contributed by atoms with Gasteiger partial charge in [0.2, 0.25) is 0 Å². The van der Waals surface area contributed by atoms with Crippen LogP contribution < -0.4 is 5.32 Å². The molecule has 1 unspecified atom stereocenters. The van der Waals surface area contributed by atoms with Crippen LogP contribution in [0.25, 0.3) is 0 Å². The van der Waals surface area contributed by atoms with E-state index in [4.69, 9.17) is 14.2 Å². The van der Waals surface area contributed by atoms with Gasteiger partial charge in [0.25, 0.3) is 0 Å². The van der Waals surface area contributed by atoms with Gasteiger partial charge in [0, 0.05) is 26.2 Å². The molecule has 0 amide bonds. The second-order valence-electron chi connectivity index (χ2n) is 4.45. The molecule has 0 bridgehead atoms. The molecule has 1 N–H and O–H groups in total. The van der Waals surface area contributed by atoms with Gasteiger partial charge in [-0.3, -0.25) is 4.90 Å². The minimum absolute atomic E-state index is 0.0268. The molecule has 1 fully saturated rings. The van der Waals surface area contributed by atoms with E-state index in [2.05, 4.69) is 17.1 Å². The first-order valence-corrected chi connectivity index (χ1v) is 7.04. The molecule has 6 heteroatoms. The second kappa shape index (κ2) is 10.1. The third-order valence-electron chi connectivity index (χ3n) is 2.99. The van der Waals surface area contributed by atoms with Crippen molar-refractivity contribution in [3.63, 3.8) is 0 Å². The number of esters is 1. The molecule has 1 atom stereocenters. The standard InChI is InChI=1S/C13H26N2O4/c1-3-15-6-8-19-12(10-15)9-14-5-7-17-11-13(16)18-4-2/h12,14H,3-11H2,1-2H3. The fraction of sp³-hybridized carbons (Fsp3) is 0.923. The van der Waals surface area contributed by atoms with Gasteiger partial charge in [-0.1, -0.05) is 6.92 Å². The largest absolute Gasteiger partial charge is 0.464 e. The van der Waals surface area contributed by atoms with Crippen LogP contribution in [0.3, 0.4) is 0 Å². The average molecular weight is 274 g/mol. The van der Waals surface area contributed by atoms with Crippen molar-refractivity contribution >= 4 is 5.97 Å². The van der Waals surface area contributed by atoms with Crippen LogP contribution in [-0.2, 0) is 19.0 Å². The van der Waals surface area contributed by atoms with Crippen LogP contribution in [-0.4, -0.2) is 76.1 Å². The number of nitrogens with zero attached hydrogens (tertiary/aromatic N) is 1. The molecule has 112 valence electrons. The van der Waals surface area contributed by atoms with Crippen molar-refractivity contribution in [2.24, 2.45) is 0 Å².